The van der Waals surface area contributed by atoms with Crippen LogP contribution in [0.15, 0.2) is 72.9 Å². The molecule has 2 aromatic heterocycles. The van der Waals surface area contributed by atoms with Gasteiger partial charge in [-0.2, -0.15) is 0 Å². The first kappa shape index (κ1) is 42.9. The molecule has 6 unspecified atom stereocenters. The molecule has 4 heterocycles. The van der Waals surface area contributed by atoms with Gasteiger partial charge in [-0.1, -0.05) is 96.1 Å². The van der Waals surface area contributed by atoms with Crippen molar-refractivity contribution in [3.05, 3.63) is 84.6 Å². The number of ether oxygens (including phenoxy) is 2. The van der Waals surface area contributed by atoms with Crippen LogP contribution in [0.1, 0.15) is 78.1 Å². The number of rotatable bonds is 11. The molecule has 0 aliphatic carbocycles. The van der Waals surface area contributed by atoms with E-state index in [9.17, 15) is 19.2 Å². The second kappa shape index (κ2) is 17.8. The van der Waals surface area contributed by atoms with Crippen LogP contribution >= 0.6 is 0 Å². The Kier molecular flexibility index (Phi) is 12.5. The molecule has 0 bridgehead atoms. The number of aromatic nitrogens is 4. The van der Waals surface area contributed by atoms with Crippen LogP contribution in [0.3, 0.4) is 0 Å². The van der Waals surface area contributed by atoms with Crippen molar-refractivity contribution >= 4 is 35.0 Å². The largest absolute Gasteiger partial charge is 0.453 e. The molecule has 2 saturated heterocycles. The smallest absolute Gasteiger partial charge is 0.409 e. The third-order valence-corrected chi connectivity index (χ3v) is 12.2. The topological polar surface area (TPSA) is 166 Å². The van der Waals surface area contributed by atoms with E-state index in [-0.39, 0.29) is 47.6 Å². The second-order valence-corrected chi connectivity index (χ2v) is 17.5. The zero-order chi connectivity index (χ0) is 43.7. The lowest BCUT2D eigenvalue weighted by Gasteiger charge is -2.34. The van der Waals surface area contributed by atoms with Crippen LogP contribution in [-0.2, 0) is 19.1 Å². The van der Waals surface area contributed by atoms with E-state index >= 15 is 0 Å². The van der Waals surface area contributed by atoms with E-state index < -0.39 is 24.3 Å². The van der Waals surface area contributed by atoms with Gasteiger partial charge in [-0.3, -0.25) is 14.5 Å². The summed E-state index contributed by atoms with van der Waals surface area (Å²) in [5.41, 5.74) is 7.83. The summed E-state index contributed by atoms with van der Waals surface area (Å²) in [4.78, 5) is 73.9. The summed E-state index contributed by atoms with van der Waals surface area (Å²) >= 11 is 0. The van der Waals surface area contributed by atoms with Crippen molar-refractivity contribution in [1.29, 1.82) is 0 Å². The third-order valence-electron chi connectivity index (χ3n) is 12.2. The number of amides is 4. The van der Waals surface area contributed by atoms with Crippen LogP contribution < -0.4 is 5.32 Å². The summed E-state index contributed by atoms with van der Waals surface area (Å²) in [5.74, 6) is 1.57. The number of alkyl carbamates (subject to hydrolysis) is 1. The second-order valence-electron chi connectivity index (χ2n) is 17.5. The number of imidazole rings is 2. The number of methoxy groups -OCH3 is 2. The maximum absolute atomic E-state index is 13.9. The fourth-order valence-electron chi connectivity index (χ4n) is 9.02. The van der Waals surface area contributed by atoms with Gasteiger partial charge >= 0.3 is 12.2 Å². The lowest BCUT2D eigenvalue weighted by Crippen LogP contribution is -2.52. The molecular weight excluding hydrogens is 773 g/mol. The predicted octanol–water partition coefficient (Wildman–Crippen LogP) is 8.21. The Labute approximate surface area is 357 Å². The molecule has 0 saturated carbocycles. The maximum Gasteiger partial charge on any atom is 0.409 e. The number of hydrogen-bond acceptors (Lipinski definition) is 8. The minimum absolute atomic E-state index is 0.0994. The van der Waals surface area contributed by atoms with Gasteiger partial charge in [0.1, 0.15) is 23.7 Å². The molecule has 2 fully saturated rings. The minimum Gasteiger partial charge on any atom is -0.453 e. The van der Waals surface area contributed by atoms with E-state index in [2.05, 4.69) is 89.8 Å². The fraction of sp³-hybridized carbons (Fsp3) is 0.447. The van der Waals surface area contributed by atoms with E-state index in [0.717, 1.165) is 69.0 Å². The van der Waals surface area contributed by atoms with Crippen LogP contribution in [0.4, 0.5) is 9.59 Å². The number of benzene rings is 3. The molecular formula is C47H58N8O6. The molecule has 0 spiro atoms. The van der Waals surface area contributed by atoms with Gasteiger partial charge in [-0.15, -0.1) is 0 Å². The molecule has 322 valence electrons. The van der Waals surface area contributed by atoms with Gasteiger partial charge < -0.3 is 34.6 Å². The summed E-state index contributed by atoms with van der Waals surface area (Å²) in [6.07, 6.45) is 2.20. The molecule has 61 heavy (non-hydrogen) atoms. The highest BCUT2D eigenvalue weighted by molar-refractivity contribution is 5.88. The number of nitrogens with zero attached hydrogens (tertiary/aromatic N) is 5. The molecule has 4 amide bonds. The SMILES string of the molecule is COC(=O)NC(C(=O)N1CC(C)CC1c1nc2ccc(-c3ccc(-c4ccc(-c5cnc(C6CC(C)CN6C(=O)C(C(C)C)N(C)C(=O)OC)[nH]5)cc4)cc3)cc2[nH]1)C(C)C. The van der Waals surface area contributed by atoms with Gasteiger partial charge in [-0.05, 0) is 76.5 Å². The van der Waals surface area contributed by atoms with Crippen LogP contribution in [0.2, 0.25) is 0 Å². The average Bonchev–Trinajstić information content (AvgIpc) is 4.07. The zero-order valence-corrected chi connectivity index (χ0v) is 36.6. The summed E-state index contributed by atoms with van der Waals surface area (Å²) in [5, 5.41) is 2.72. The van der Waals surface area contributed by atoms with Gasteiger partial charge in [0.2, 0.25) is 11.8 Å². The molecule has 7 rings (SSSR count). The lowest BCUT2D eigenvalue weighted by atomic mass is 9.99. The molecule has 2 aliphatic rings. The molecule has 3 N–H and O–H groups in total. The van der Waals surface area contributed by atoms with Crippen molar-refractivity contribution in [3.63, 3.8) is 0 Å². The number of aromatic amines is 2. The van der Waals surface area contributed by atoms with E-state index in [1.54, 1.807) is 7.05 Å². The Balaban J connectivity index is 1.04. The lowest BCUT2D eigenvalue weighted by molar-refractivity contribution is -0.139. The first-order valence-corrected chi connectivity index (χ1v) is 21.2. The minimum atomic E-state index is -0.702. The molecule has 5 aromatic rings. The van der Waals surface area contributed by atoms with Crippen LogP contribution in [0.25, 0.3) is 44.5 Å². The van der Waals surface area contributed by atoms with Crippen LogP contribution in [0.5, 0.6) is 0 Å². The highest BCUT2D eigenvalue weighted by atomic mass is 16.5. The summed E-state index contributed by atoms with van der Waals surface area (Å²) in [7, 11) is 4.23. The van der Waals surface area contributed by atoms with Crippen LogP contribution in [-0.4, -0.2) is 105 Å². The van der Waals surface area contributed by atoms with Crippen molar-refractivity contribution < 1.29 is 28.7 Å². The van der Waals surface area contributed by atoms with Crippen LogP contribution in [0, 0.1) is 23.7 Å². The average molecular weight is 831 g/mol. The Morgan fingerprint density at radius 2 is 1.26 bits per heavy atom. The standard InChI is InChI=1S/C47H58N8O6/c1-26(2)40(52-46(58)60-8)44(56)54-24-29(6)21-39(54)43-49-35-19-18-34(22-36(35)50-43)32-12-10-30(11-13-32)31-14-16-33(17-15-31)37-23-48-42(51-37)38-20-28(5)25-55(38)45(57)41(27(3)4)53(7)47(59)61-9/h10-19,22-23,26-29,38-41H,20-21,24-25H2,1-9H3,(H,48,51)(H,49,50)(H,52,58). The van der Waals surface area contributed by atoms with Gasteiger partial charge in [0.05, 0.1) is 49.2 Å². The van der Waals surface area contributed by atoms with Crippen molar-refractivity contribution in [3.8, 4) is 33.5 Å². The van der Waals surface area contributed by atoms with E-state index in [0.29, 0.717) is 13.1 Å². The highest BCUT2D eigenvalue weighted by Crippen LogP contribution is 2.38. The number of H-pyrrole nitrogens is 2. The van der Waals surface area contributed by atoms with E-state index in [1.165, 1.54) is 19.1 Å². The Hall–Kier alpha value is -6.18. The molecule has 0 radical (unpaired) electrons. The van der Waals surface area contributed by atoms with E-state index in [4.69, 9.17) is 19.4 Å². The van der Waals surface area contributed by atoms with Crippen molar-refractivity contribution in [2.45, 2.75) is 78.6 Å². The summed E-state index contributed by atoms with van der Waals surface area (Å²) in [6.45, 7) is 13.1. The highest BCUT2D eigenvalue weighted by Gasteiger charge is 2.43. The number of hydrogen-bond donors (Lipinski definition) is 3. The van der Waals surface area contributed by atoms with Crippen molar-refractivity contribution in [1.82, 2.24) is 40.0 Å². The maximum atomic E-state index is 13.9. The first-order valence-electron chi connectivity index (χ1n) is 21.2. The Morgan fingerprint density at radius 3 is 1.82 bits per heavy atom. The first-order chi connectivity index (χ1) is 29.2. The quantitative estimate of drug-likeness (QED) is 0.120. The van der Waals surface area contributed by atoms with Crippen molar-refractivity contribution in [2.75, 3.05) is 34.4 Å². The number of likely N-dealkylation sites (N-methyl/N-ethyl adjacent to an activating group) is 1. The van der Waals surface area contributed by atoms with Crippen molar-refractivity contribution in [2.24, 2.45) is 23.7 Å². The molecule has 2 aliphatic heterocycles. The third kappa shape index (κ3) is 8.85. The number of carbonyl (C=O) groups excluding carboxylic acids is 4. The summed E-state index contributed by atoms with van der Waals surface area (Å²) < 4.78 is 9.73. The number of carbonyl (C=O) groups is 4. The normalized spacial score (nSPS) is 20.0. The van der Waals surface area contributed by atoms with E-state index in [1.807, 2.05) is 49.8 Å². The number of nitrogens with one attached hydrogen (secondary N) is 3. The van der Waals surface area contributed by atoms with Gasteiger partial charge in [0.15, 0.2) is 0 Å². The number of likely N-dealkylation sites (tertiary alicyclic amines) is 2. The summed E-state index contributed by atoms with van der Waals surface area (Å²) in [6, 6.07) is 21.2. The molecule has 14 nitrogen and oxygen atoms in total. The Bertz CT molecular complexity index is 2370. The van der Waals surface area contributed by atoms with Gasteiger partial charge in [0, 0.05) is 20.1 Å². The predicted molar refractivity (Wildman–Crippen MR) is 234 cm³/mol. The fourth-order valence-corrected chi connectivity index (χ4v) is 9.02. The number of fused-ring (bicyclic) bond motifs is 1. The van der Waals surface area contributed by atoms with Gasteiger partial charge in [0.25, 0.3) is 0 Å². The van der Waals surface area contributed by atoms with Gasteiger partial charge in [-0.25, -0.2) is 19.6 Å². The molecule has 3 aromatic carbocycles. The zero-order valence-electron chi connectivity index (χ0n) is 36.6. The molecule has 6 atom stereocenters. The monoisotopic (exact) mass is 830 g/mol. The Morgan fingerprint density at radius 1 is 0.721 bits per heavy atom. The molecule has 14 heteroatoms.